The van der Waals surface area contributed by atoms with E-state index in [4.69, 9.17) is 9.15 Å². The second kappa shape index (κ2) is 9.10. The summed E-state index contributed by atoms with van der Waals surface area (Å²) in [5, 5.41) is 20.9. The van der Waals surface area contributed by atoms with Gasteiger partial charge in [0.05, 0.1) is 6.10 Å². The van der Waals surface area contributed by atoms with Crippen molar-refractivity contribution in [2.24, 2.45) is 5.41 Å². The maximum absolute atomic E-state index is 11.3. The van der Waals surface area contributed by atoms with Crippen molar-refractivity contribution in [2.75, 3.05) is 0 Å². The molecule has 0 aliphatic heterocycles. The number of aromatic carboxylic acids is 1. The molecule has 5 nitrogen and oxygen atoms in total. The summed E-state index contributed by atoms with van der Waals surface area (Å²) >= 11 is 0. The van der Waals surface area contributed by atoms with Crippen LogP contribution in [-0.2, 0) is 5.41 Å². The number of hydrogen-bond donors (Lipinski definition) is 2. The molecular formula is C29H36O5. The Morgan fingerprint density at radius 2 is 1.79 bits per heavy atom. The average Bonchev–Trinajstić information content (AvgIpc) is 3.24. The van der Waals surface area contributed by atoms with Crippen LogP contribution in [0.4, 0.5) is 0 Å². The highest BCUT2D eigenvalue weighted by molar-refractivity contribution is 5.91. The number of fused-ring (bicyclic) bond motifs is 1. The Morgan fingerprint density at radius 3 is 2.44 bits per heavy atom. The fourth-order valence-electron chi connectivity index (χ4n) is 5.61. The smallest absolute Gasteiger partial charge is 0.371 e. The van der Waals surface area contributed by atoms with Gasteiger partial charge in [0.15, 0.2) is 0 Å². The Hall–Kier alpha value is -2.79. The van der Waals surface area contributed by atoms with Crippen LogP contribution in [0.5, 0.6) is 5.75 Å². The van der Waals surface area contributed by atoms with Gasteiger partial charge in [-0.1, -0.05) is 45.9 Å². The SMILES string of the molecule is CCC(CC)(c1ccc(OC2CCCC(C)(C)[C@@H]2O)c(C)c1)c1ccc2oc(C(=O)O)cc2c1. The highest BCUT2D eigenvalue weighted by Gasteiger charge is 2.39. The predicted molar refractivity (Wildman–Crippen MR) is 134 cm³/mol. The monoisotopic (exact) mass is 464 g/mol. The fourth-order valence-corrected chi connectivity index (χ4v) is 5.61. The lowest BCUT2D eigenvalue weighted by atomic mass is 9.70. The van der Waals surface area contributed by atoms with Crippen molar-refractivity contribution in [3.8, 4) is 5.75 Å². The summed E-state index contributed by atoms with van der Waals surface area (Å²) in [5.41, 5.74) is 3.62. The summed E-state index contributed by atoms with van der Waals surface area (Å²) in [7, 11) is 0. The molecule has 2 N–H and O–H groups in total. The van der Waals surface area contributed by atoms with Gasteiger partial charge in [-0.15, -0.1) is 0 Å². The van der Waals surface area contributed by atoms with Gasteiger partial charge in [-0.05, 0) is 85.4 Å². The Morgan fingerprint density at radius 1 is 1.12 bits per heavy atom. The predicted octanol–water partition coefficient (Wildman–Crippen LogP) is 6.86. The summed E-state index contributed by atoms with van der Waals surface area (Å²) in [6.45, 7) is 10.7. The number of benzene rings is 2. The van der Waals surface area contributed by atoms with Crippen LogP contribution >= 0.6 is 0 Å². The van der Waals surface area contributed by atoms with Crippen LogP contribution in [0.15, 0.2) is 46.9 Å². The highest BCUT2D eigenvalue weighted by Crippen LogP contribution is 2.42. The van der Waals surface area contributed by atoms with Gasteiger partial charge in [-0.3, -0.25) is 0 Å². The van der Waals surface area contributed by atoms with E-state index in [1.54, 1.807) is 6.07 Å². The standard InChI is InChI=1S/C29H36O5/c1-6-29(7-2,21-11-13-23-19(16-21)17-25(34-23)27(31)32)20-10-12-22(18(3)15-20)33-24-9-8-14-28(4,5)26(24)30/h10-13,15-17,24,26,30H,6-9,14H2,1-5H3,(H,31,32)/t24?,26-/m1/s1. The largest absolute Gasteiger partial charge is 0.487 e. The molecule has 1 unspecified atom stereocenters. The zero-order chi connectivity index (χ0) is 24.7. The van der Waals surface area contributed by atoms with E-state index in [0.717, 1.165) is 54.4 Å². The molecule has 0 bridgehead atoms. The molecule has 0 amide bonds. The van der Waals surface area contributed by atoms with Crippen LogP contribution in [-0.4, -0.2) is 28.4 Å². The topological polar surface area (TPSA) is 79.9 Å². The summed E-state index contributed by atoms with van der Waals surface area (Å²) in [5.74, 6) is -0.285. The maximum atomic E-state index is 11.3. The van der Waals surface area contributed by atoms with Gasteiger partial charge < -0.3 is 19.4 Å². The third-order valence-electron chi connectivity index (χ3n) is 7.96. The number of furan rings is 1. The van der Waals surface area contributed by atoms with E-state index in [1.165, 1.54) is 5.56 Å². The number of aliphatic hydroxyl groups excluding tert-OH is 1. The van der Waals surface area contributed by atoms with Gasteiger partial charge in [0.25, 0.3) is 0 Å². The summed E-state index contributed by atoms with van der Waals surface area (Å²) in [6, 6.07) is 13.9. The molecule has 1 aromatic heterocycles. The molecule has 0 radical (unpaired) electrons. The quantitative estimate of drug-likeness (QED) is 0.399. The molecule has 1 aliphatic rings. The van der Waals surface area contributed by atoms with Gasteiger partial charge in [-0.25, -0.2) is 4.79 Å². The van der Waals surface area contributed by atoms with Crippen molar-refractivity contribution in [2.45, 2.75) is 84.3 Å². The molecule has 182 valence electrons. The summed E-state index contributed by atoms with van der Waals surface area (Å²) < 4.78 is 11.8. The van der Waals surface area contributed by atoms with Crippen LogP contribution in [0.1, 0.15) is 87.0 Å². The summed E-state index contributed by atoms with van der Waals surface area (Å²) in [4.78, 5) is 11.3. The number of rotatable bonds is 7. The number of hydrogen-bond acceptors (Lipinski definition) is 4. The van der Waals surface area contributed by atoms with E-state index in [0.29, 0.717) is 5.58 Å². The van der Waals surface area contributed by atoms with E-state index in [9.17, 15) is 15.0 Å². The number of carbonyl (C=O) groups is 1. The van der Waals surface area contributed by atoms with Crippen LogP contribution in [0.25, 0.3) is 11.0 Å². The number of carboxylic acids is 1. The lowest BCUT2D eigenvalue weighted by Crippen LogP contribution is -2.46. The Balaban J connectivity index is 1.67. The van der Waals surface area contributed by atoms with E-state index in [-0.39, 0.29) is 22.7 Å². The van der Waals surface area contributed by atoms with Crippen LogP contribution in [0.3, 0.4) is 0 Å². The molecule has 2 aromatic carbocycles. The Labute approximate surface area is 201 Å². The van der Waals surface area contributed by atoms with Gasteiger partial charge >= 0.3 is 5.97 Å². The van der Waals surface area contributed by atoms with Gasteiger partial charge in [0.2, 0.25) is 5.76 Å². The van der Waals surface area contributed by atoms with Gasteiger partial charge in [-0.2, -0.15) is 0 Å². The first-order valence-corrected chi connectivity index (χ1v) is 12.3. The minimum Gasteiger partial charge on any atom is -0.487 e. The second-order valence-electron chi connectivity index (χ2n) is 10.4. The second-order valence-corrected chi connectivity index (χ2v) is 10.4. The molecule has 4 rings (SSSR count). The van der Waals surface area contributed by atoms with E-state index < -0.39 is 12.1 Å². The normalized spacial score (nSPS) is 20.4. The zero-order valence-corrected chi connectivity index (χ0v) is 20.9. The molecule has 1 heterocycles. The number of aliphatic hydroxyl groups is 1. The first-order chi connectivity index (χ1) is 16.1. The summed E-state index contributed by atoms with van der Waals surface area (Å²) in [6.07, 6.45) is 4.05. The molecule has 1 saturated carbocycles. The van der Waals surface area contributed by atoms with E-state index >= 15 is 0 Å². The third kappa shape index (κ3) is 4.22. The lowest BCUT2D eigenvalue weighted by molar-refractivity contribution is -0.0691. The Kier molecular flexibility index (Phi) is 6.52. The van der Waals surface area contributed by atoms with E-state index in [2.05, 4.69) is 52.8 Å². The van der Waals surface area contributed by atoms with Crippen molar-refractivity contribution >= 4 is 16.9 Å². The van der Waals surface area contributed by atoms with Crippen molar-refractivity contribution in [3.05, 3.63) is 64.9 Å². The molecule has 5 heteroatoms. The Bertz CT molecular complexity index is 1180. The minimum absolute atomic E-state index is 0.0452. The van der Waals surface area contributed by atoms with E-state index in [1.807, 2.05) is 18.2 Å². The van der Waals surface area contributed by atoms with Crippen molar-refractivity contribution in [3.63, 3.8) is 0 Å². The van der Waals surface area contributed by atoms with Gasteiger partial charge in [0.1, 0.15) is 17.4 Å². The van der Waals surface area contributed by atoms with Crippen LogP contribution in [0.2, 0.25) is 0 Å². The first kappa shape index (κ1) is 24.3. The third-order valence-corrected chi connectivity index (χ3v) is 7.96. The average molecular weight is 465 g/mol. The van der Waals surface area contributed by atoms with Crippen molar-refractivity contribution < 1.29 is 24.2 Å². The van der Waals surface area contributed by atoms with Crippen molar-refractivity contribution in [1.29, 1.82) is 0 Å². The molecular weight excluding hydrogens is 428 g/mol. The maximum Gasteiger partial charge on any atom is 0.371 e. The molecule has 3 aromatic rings. The molecule has 2 atom stereocenters. The minimum atomic E-state index is -1.06. The molecule has 1 fully saturated rings. The van der Waals surface area contributed by atoms with Crippen LogP contribution in [0, 0.1) is 12.3 Å². The first-order valence-electron chi connectivity index (χ1n) is 12.3. The molecule has 0 saturated heterocycles. The zero-order valence-electron chi connectivity index (χ0n) is 20.9. The molecule has 1 aliphatic carbocycles. The molecule has 34 heavy (non-hydrogen) atoms. The number of ether oxygens (including phenoxy) is 1. The highest BCUT2D eigenvalue weighted by atomic mass is 16.5. The van der Waals surface area contributed by atoms with Crippen molar-refractivity contribution in [1.82, 2.24) is 0 Å². The lowest BCUT2D eigenvalue weighted by Gasteiger charge is -2.40. The fraction of sp³-hybridized carbons (Fsp3) is 0.483. The number of carboxylic acid groups (broad SMARTS) is 1. The number of aryl methyl sites for hydroxylation is 1. The van der Waals surface area contributed by atoms with Gasteiger partial charge in [0, 0.05) is 10.8 Å². The molecule has 0 spiro atoms. The van der Waals surface area contributed by atoms with Crippen LogP contribution < -0.4 is 4.74 Å².